The molecule has 0 saturated carbocycles. The van der Waals surface area contributed by atoms with E-state index in [1.807, 2.05) is 37.3 Å². The van der Waals surface area contributed by atoms with Crippen LogP contribution in [0.1, 0.15) is 53.9 Å². The van der Waals surface area contributed by atoms with E-state index in [4.69, 9.17) is 4.74 Å². The minimum absolute atomic E-state index is 0.172. The molecule has 0 aliphatic carbocycles. The van der Waals surface area contributed by atoms with Gasteiger partial charge in [-0.2, -0.15) is 0 Å². The number of nitrogens with one attached hydrogen (secondary N) is 2. The summed E-state index contributed by atoms with van der Waals surface area (Å²) in [5.74, 6) is -0.235. The number of anilines is 1. The largest absolute Gasteiger partial charge is 0.442 e. The third kappa shape index (κ3) is 6.08. The molecule has 0 aliphatic heterocycles. The number of nitrogens with zero attached hydrogens (tertiary/aromatic N) is 1. The van der Waals surface area contributed by atoms with E-state index in [1.165, 1.54) is 0 Å². The van der Waals surface area contributed by atoms with Gasteiger partial charge in [0, 0.05) is 22.9 Å². The molecule has 160 valence electrons. The molecular formula is C24H25N3O3S. The van der Waals surface area contributed by atoms with E-state index in [0.29, 0.717) is 22.6 Å². The summed E-state index contributed by atoms with van der Waals surface area (Å²) in [7, 11) is 0. The van der Waals surface area contributed by atoms with E-state index >= 15 is 0 Å². The Balaban J connectivity index is 1.58. The van der Waals surface area contributed by atoms with Crippen molar-refractivity contribution in [1.29, 1.82) is 0 Å². The van der Waals surface area contributed by atoms with Crippen LogP contribution < -0.4 is 10.6 Å². The first-order chi connectivity index (χ1) is 15.0. The van der Waals surface area contributed by atoms with Gasteiger partial charge in [-0.05, 0) is 54.8 Å². The van der Waals surface area contributed by atoms with Gasteiger partial charge in [-0.15, -0.1) is 12.6 Å². The van der Waals surface area contributed by atoms with Gasteiger partial charge < -0.3 is 15.4 Å². The Bertz CT molecular complexity index is 1030. The number of aromatic nitrogens is 1. The van der Waals surface area contributed by atoms with Crippen LogP contribution in [0.3, 0.4) is 0 Å². The summed E-state index contributed by atoms with van der Waals surface area (Å²) in [5, 5.41) is 5.71. The molecule has 0 saturated heterocycles. The third-order valence-corrected chi connectivity index (χ3v) is 5.26. The molecule has 0 spiro atoms. The predicted octanol–water partition coefficient (Wildman–Crippen LogP) is 5.56. The second-order valence-corrected chi connectivity index (χ2v) is 7.51. The summed E-state index contributed by atoms with van der Waals surface area (Å²) in [5.41, 5.74) is 2.86. The van der Waals surface area contributed by atoms with Crippen molar-refractivity contribution in [3.8, 4) is 0 Å². The number of hydrogen-bond donors (Lipinski definition) is 3. The monoisotopic (exact) mass is 435 g/mol. The SMILES string of the molecule is CC[C@H](NC(=O)O[C@@H](C)c1ccc(C(=O)Nc2ccccc2S)cc1)c1cccnc1. The van der Waals surface area contributed by atoms with E-state index in [0.717, 1.165) is 11.1 Å². The first kappa shape index (κ1) is 22.4. The molecule has 6 nitrogen and oxygen atoms in total. The summed E-state index contributed by atoms with van der Waals surface area (Å²) in [6, 6.07) is 17.8. The smallest absolute Gasteiger partial charge is 0.408 e. The van der Waals surface area contributed by atoms with Gasteiger partial charge in [0.15, 0.2) is 0 Å². The lowest BCUT2D eigenvalue weighted by Crippen LogP contribution is -2.29. The molecule has 0 bridgehead atoms. The van der Waals surface area contributed by atoms with E-state index in [-0.39, 0.29) is 11.9 Å². The Hall–Kier alpha value is -3.32. The maximum atomic E-state index is 12.5. The van der Waals surface area contributed by atoms with Gasteiger partial charge in [-0.25, -0.2) is 4.79 Å². The molecule has 3 rings (SSSR count). The summed E-state index contributed by atoms with van der Waals surface area (Å²) in [6.07, 6.45) is 3.16. The molecule has 3 aromatic rings. The predicted molar refractivity (Wildman–Crippen MR) is 123 cm³/mol. The van der Waals surface area contributed by atoms with Gasteiger partial charge in [0.1, 0.15) is 6.10 Å². The minimum atomic E-state index is -0.504. The van der Waals surface area contributed by atoms with Crippen LogP contribution in [0, 0.1) is 0 Å². The highest BCUT2D eigenvalue weighted by molar-refractivity contribution is 7.80. The van der Waals surface area contributed by atoms with E-state index in [1.54, 1.807) is 49.6 Å². The molecule has 2 atom stereocenters. The average Bonchev–Trinajstić information content (AvgIpc) is 2.79. The maximum absolute atomic E-state index is 12.5. The van der Waals surface area contributed by atoms with E-state index < -0.39 is 12.2 Å². The third-order valence-electron chi connectivity index (χ3n) is 4.87. The summed E-state index contributed by atoms with van der Waals surface area (Å²) in [6.45, 7) is 3.77. The standard InChI is InChI=1S/C24H25N3O3S/c1-3-20(19-7-6-14-25-15-19)27-24(29)30-16(2)17-10-12-18(13-11-17)23(28)26-21-8-4-5-9-22(21)31/h4-16,20,31H,3H2,1-2H3,(H,26,28)(H,27,29)/t16-,20-/m0/s1. The molecule has 2 N–H and O–H groups in total. The first-order valence-electron chi connectivity index (χ1n) is 10.0. The highest BCUT2D eigenvalue weighted by Crippen LogP contribution is 2.22. The van der Waals surface area contributed by atoms with Gasteiger partial charge in [-0.3, -0.25) is 9.78 Å². The summed E-state index contributed by atoms with van der Waals surface area (Å²) in [4.78, 5) is 29.6. The topological polar surface area (TPSA) is 80.3 Å². The lowest BCUT2D eigenvalue weighted by molar-refractivity contribution is 0.101. The zero-order chi connectivity index (χ0) is 22.2. The van der Waals surface area contributed by atoms with Crippen LogP contribution >= 0.6 is 12.6 Å². The fourth-order valence-electron chi connectivity index (χ4n) is 3.09. The summed E-state index contributed by atoms with van der Waals surface area (Å²) >= 11 is 4.34. The number of pyridine rings is 1. The molecule has 2 amide bonds. The second-order valence-electron chi connectivity index (χ2n) is 7.03. The lowest BCUT2D eigenvalue weighted by atomic mass is 10.1. The first-order valence-corrected chi connectivity index (χ1v) is 10.5. The number of thiol groups is 1. The Morgan fingerprint density at radius 3 is 2.42 bits per heavy atom. The average molecular weight is 436 g/mol. The highest BCUT2D eigenvalue weighted by atomic mass is 32.1. The highest BCUT2D eigenvalue weighted by Gasteiger charge is 2.17. The fourth-order valence-corrected chi connectivity index (χ4v) is 3.30. The number of carbonyl (C=O) groups is 2. The van der Waals surface area contributed by atoms with E-state index in [2.05, 4.69) is 28.2 Å². The van der Waals surface area contributed by atoms with Crippen molar-refractivity contribution in [1.82, 2.24) is 10.3 Å². The van der Waals surface area contributed by atoms with Crippen molar-refractivity contribution < 1.29 is 14.3 Å². The molecule has 0 radical (unpaired) electrons. The molecule has 31 heavy (non-hydrogen) atoms. The Labute approximate surface area is 187 Å². The molecule has 1 aromatic heterocycles. The number of ether oxygens (including phenoxy) is 1. The molecule has 2 aromatic carbocycles. The van der Waals surface area contributed by atoms with Crippen LogP contribution in [0.5, 0.6) is 0 Å². The quantitative estimate of drug-likeness (QED) is 0.424. The van der Waals surface area contributed by atoms with Crippen molar-refractivity contribution in [2.45, 2.75) is 37.3 Å². The molecule has 7 heteroatoms. The maximum Gasteiger partial charge on any atom is 0.408 e. The van der Waals surface area contributed by atoms with Gasteiger partial charge in [0.25, 0.3) is 5.91 Å². The number of amides is 2. The van der Waals surface area contributed by atoms with Crippen molar-refractivity contribution in [3.05, 3.63) is 89.7 Å². The van der Waals surface area contributed by atoms with Crippen LogP contribution in [0.4, 0.5) is 10.5 Å². The number of benzene rings is 2. The number of carbonyl (C=O) groups excluding carboxylic acids is 2. The van der Waals surface area contributed by atoms with Gasteiger partial charge in [0.2, 0.25) is 0 Å². The summed E-state index contributed by atoms with van der Waals surface area (Å²) < 4.78 is 5.52. The molecule has 0 aliphatic rings. The number of alkyl carbamates (subject to hydrolysis) is 1. The van der Waals surface area contributed by atoms with Crippen LogP contribution in [0.2, 0.25) is 0 Å². The number of para-hydroxylation sites is 1. The second kappa shape index (κ2) is 10.6. The zero-order valence-corrected chi connectivity index (χ0v) is 18.3. The van der Waals surface area contributed by atoms with Crippen LogP contribution in [-0.2, 0) is 4.74 Å². The van der Waals surface area contributed by atoms with Crippen LogP contribution in [0.25, 0.3) is 0 Å². The Kier molecular flexibility index (Phi) is 7.67. The van der Waals surface area contributed by atoms with Gasteiger partial charge in [0.05, 0.1) is 11.7 Å². The normalized spacial score (nSPS) is 12.5. The number of hydrogen-bond acceptors (Lipinski definition) is 5. The van der Waals surface area contributed by atoms with Crippen LogP contribution in [-0.4, -0.2) is 17.0 Å². The molecule has 0 fully saturated rings. The van der Waals surface area contributed by atoms with Gasteiger partial charge >= 0.3 is 6.09 Å². The lowest BCUT2D eigenvalue weighted by Gasteiger charge is -2.19. The molecular weight excluding hydrogens is 410 g/mol. The van der Waals surface area contributed by atoms with E-state index in [9.17, 15) is 9.59 Å². The zero-order valence-electron chi connectivity index (χ0n) is 17.4. The number of rotatable bonds is 7. The molecule has 0 unspecified atom stereocenters. The van der Waals surface area contributed by atoms with Crippen molar-refractivity contribution in [2.75, 3.05) is 5.32 Å². The van der Waals surface area contributed by atoms with Crippen molar-refractivity contribution in [3.63, 3.8) is 0 Å². The van der Waals surface area contributed by atoms with Crippen molar-refractivity contribution >= 4 is 30.3 Å². The minimum Gasteiger partial charge on any atom is -0.442 e. The van der Waals surface area contributed by atoms with Crippen molar-refractivity contribution in [2.24, 2.45) is 0 Å². The molecule has 1 heterocycles. The Morgan fingerprint density at radius 1 is 1.03 bits per heavy atom. The Morgan fingerprint density at radius 2 is 1.77 bits per heavy atom. The fraction of sp³-hybridized carbons (Fsp3) is 0.208. The van der Waals surface area contributed by atoms with Gasteiger partial charge in [-0.1, -0.05) is 37.3 Å². The van der Waals surface area contributed by atoms with Crippen LogP contribution in [0.15, 0.2) is 78.0 Å².